The Balaban J connectivity index is 1.96. The first-order valence-electron chi connectivity index (χ1n) is 4.96. The average molecular weight is 256 g/mol. The molecular weight excluding hydrogens is 244 g/mol. The van der Waals surface area contributed by atoms with Gasteiger partial charge in [-0.15, -0.1) is 0 Å². The van der Waals surface area contributed by atoms with Gasteiger partial charge in [0.25, 0.3) is 0 Å². The Labute approximate surface area is 102 Å². The maximum Gasteiger partial charge on any atom is 0.338 e. The molecule has 0 aromatic heterocycles. The van der Waals surface area contributed by atoms with Crippen LogP contribution in [0.2, 0.25) is 0 Å². The van der Waals surface area contributed by atoms with Gasteiger partial charge in [0.15, 0.2) is 0 Å². The summed E-state index contributed by atoms with van der Waals surface area (Å²) in [6, 6.07) is 8.84. The number of benzene rings is 1. The largest absolute Gasteiger partial charge is 0.455 e. The predicted octanol–water partition coefficient (Wildman–Crippen LogP) is 1.97. The van der Waals surface area contributed by atoms with E-state index in [1.54, 1.807) is 45.9 Å². The van der Waals surface area contributed by atoms with Gasteiger partial charge in [0, 0.05) is 11.5 Å². The molecule has 1 heterocycles. The van der Waals surface area contributed by atoms with E-state index in [9.17, 15) is 9.90 Å². The lowest BCUT2D eigenvalue weighted by Crippen LogP contribution is -2.37. The molecule has 1 aromatic carbocycles. The zero-order valence-electron chi connectivity index (χ0n) is 8.54. The van der Waals surface area contributed by atoms with Gasteiger partial charge in [-0.3, -0.25) is 0 Å². The zero-order valence-corrected chi connectivity index (χ0v) is 10.2. The van der Waals surface area contributed by atoms with E-state index >= 15 is 0 Å². The molecule has 5 heteroatoms. The molecule has 0 radical (unpaired) electrons. The molecule has 0 saturated carbocycles. The van der Waals surface area contributed by atoms with Crippen molar-refractivity contribution in [3.05, 3.63) is 35.9 Å². The molecule has 0 aliphatic carbocycles. The molecule has 0 amide bonds. The topological polar surface area (TPSA) is 46.5 Å². The third kappa shape index (κ3) is 2.93. The van der Waals surface area contributed by atoms with Gasteiger partial charge >= 0.3 is 5.97 Å². The van der Waals surface area contributed by atoms with Crippen LogP contribution in [0.5, 0.6) is 0 Å². The van der Waals surface area contributed by atoms with Crippen LogP contribution in [-0.4, -0.2) is 34.8 Å². The lowest BCUT2D eigenvalue weighted by atomic mass is 10.2. The zero-order chi connectivity index (χ0) is 11.4. The fourth-order valence-corrected chi connectivity index (χ4v) is 3.71. The van der Waals surface area contributed by atoms with Crippen molar-refractivity contribution in [3.8, 4) is 0 Å². The molecule has 2 atom stereocenters. The number of rotatable bonds is 2. The van der Waals surface area contributed by atoms with Crippen LogP contribution in [0.4, 0.5) is 0 Å². The monoisotopic (exact) mass is 256 g/mol. The van der Waals surface area contributed by atoms with Crippen LogP contribution in [0.3, 0.4) is 0 Å². The summed E-state index contributed by atoms with van der Waals surface area (Å²) in [6.45, 7) is 0. The molecule has 0 spiro atoms. The minimum absolute atomic E-state index is 0.364. The Kier molecular flexibility index (Phi) is 4.15. The molecule has 1 aliphatic rings. The second kappa shape index (κ2) is 5.61. The molecular formula is C11H12O3S2. The number of carbonyl (C=O) groups excluding carboxylic acids is 1. The number of aliphatic hydroxyl groups is 1. The van der Waals surface area contributed by atoms with Gasteiger partial charge in [-0.05, 0) is 12.1 Å². The highest BCUT2D eigenvalue weighted by atomic mass is 33.1. The normalized spacial score (nSPS) is 25.1. The Morgan fingerprint density at radius 1 is 1.25 bits per heavy atom. The molecule has 1 saturated heterocycles. The highest BCUT2D eigenvalue weighted by Crippen LogP contribution is 2.31. The van der Waals surface area contributed by atoms with Gasteiger partial charge in [0.05, 0.1) is 5.56 Å². The highest BCUT2D eigenvalue weighted by Gasteiger charge is 2.27. The first-order valence-corrected chi connectivity index (χ1v) is 7.44. The molecule has 2 rings (SSSR count). The van der Waals surface area contributed by atoms with Crippen molar-refractivity contribution >= 4 is 27.6 Å². The van der Waals surface area contributed by atoms with Crippen molar-refractivity contribution in [2.24, 2.45) is 0 Å². The fourth-order valence-electron chi connectivity index (χ4n) is 1.34. The van der Waals surface area contributed by atoms with Gasteiger partial charge in [-0.25, -0.2) is 4.79 Å². The van der Waals surface area contributed by atoms with Crippen LogP contribution in [-0.2, 0) is 4.74 Å². The Bertz CT molecular complexity index is 356. The van der Waals surface area contributed by atoms with Crippen LogP contribution in [0.25, 0.3) is 0 Å². The second-order valence-corrected chi connectivity index (χ2v) is 6.00. The Morgan fingerprint density at radius 3 is 2.62 bits per heavy atom. The Hall–Kier alpha value is -0.650. The average Bonchev–Trinajstić information content (AvgIpc) is 2.33. The highest BCUT2D eigenvalue weighted by molar-refractivity contribution is 8.76. The Morgan fingerprint density at radius 2 is 1.94 bits per heavy atom. The molecule has 0 bridgehead atoms. The molecule has 86 valence electrons. The SMILES string of the molecule is O=C(OC1CSSCC1O)c1ccccc1. The summed E-state index contributed by atoms with van der Waals surface area (Å²) >= 11 is 0. The molecule has 1 N–H and O–H groups in total. The smallest absolute Gasteiger partial charge is 0.338 e. The molecule has 1 aliphatic heterocycles. The number of carbonyl (C=O) groups is 1. The van der Waals surface area contributed by atoms with Crippen molar-refractivity contribution < 1.29 is 14.6 Å². The molecule has 1 fully saturated rings. The first kappa shape index (κ1) is 11.8. The van der Waals surface area contributed by atoms with Crippen LogP contribution >= 0.6 is 21.6 Å². The van der Waals surface area contributed by atoms with Crippen molar-refractivity contribution in [1.29, 1.82) is 0 Å². The van der Waals surface area contributed by atoms with Gasteiger partial charge in [0.1, 0.15) is 12.2 Å². The molecule has 1 aromatic rings. The maximum absolute atomic E-state index is 11.7. The van der Waals surface area contributed by atoms with E-state index in [-0.39, 0.29) is 12.1 Å². The van der Waals surface area contributed by atoms with Crippen molar-refractivity contribution in [2.75, 3.05) is 11.5 Å². The third-order valence-electron chi connectivity index (χ3n) is 2.25. The maximum atomic E-state index is 11.7. The van der Waals surface area contributed by atoms with Gasteiger partial charge in [0.2, 0.25) is 0 Å². The van der Waals surface area contributed by atoms with E-state index < -0.39 is 6.10 Å². The third-order valence-corrected chi connectivity index (χ3v) is 4.68. The van der Waals surface area contributed by atoms with Crippen molar-refractivity contribution in [2.45, 2.75) is 12.2 Å². The molecule has 2 unspecified atom stereocenters. The number of hydrogen-bond donors (Lipinski definition) is 1. The van der Waals surface area contributed by atoms with Crippen molar-refractivity contribution in [3.63, 3.8) is 0 Å². The van der Waals surface area contributed by atoms with E-state index in [0.717, 1.165) is 0 Å². The summed E-state index contributed by atoms with van der Waals surface area (Å²) in [5.41, 5.74) is 0.526. The van der Waals surface area contributed by atoms with Crippen LogP contribution in [0.1, 0.15) is 10.4 Å². The van der Waals surface area contributed by atoms with E-state index in [0.29, 0.717) is 17.1 Å². The number of aliphatic hydroxyl groups excluding tert-OH is 1. The standard InChI is InChI=1S/C11H12O3S2/c12-9-6-15-16-7-10(9)14-11(13)8-4-2-1-3-5-8/h1-5,9-10,12H,6-7H2. The molecule has 16 heavy (non-hydrogen) atoms. The minimum atomic E-state index is -0.557. The number of ether oxygens (including phenoxy) is 1. The van der Waals surface area contributed by atoms with Gasteiger partial charge in [-0.1, -0.05) is 39.8 Å². The second-order valence-electron chi connectivity index (χ2n) is 3.45. The van der Waals surface area contributed by atoms with Crippen molar-refractivity contribution in [1.82, 2.24) is 0 Å². The van der Waals surface area contributed by atoms with Crippen LogP contribution in [0.15, 0.2) is 30.3 Å². The van der Waals surface area contributed by atoms with E-state index in [1.165, 1.54) is 0 Å². The molecule has 3 nitrogen and oxygen atoms in total. The fraction of sp³-hybridized carbons (Fsp3) is 0.364. The van der Waals surface area contributed by atoms with Crippen LogP contribution < -0.4 is 0 Å². The first-order chi connectivity index (χ1) is 7.77. The van der Waals surface area contributed by atoms with Gasteiger partial charge in [-0.2, -0.15) is 0 Å². The summed E-state index contributed by atoms with van der Waals surface area (Å²) in [5, 5.41) is 9.65. The van der Waals surface area contributed by atoms with Crippen LogP contribution in [0, 0.1) is 0 Å². The van der Waals surface area contributed by atoms with E-state index in [1.807, 2.05) is 6.07 Å². The summed E-state index contributed by atoms with van der Waals surface area (Å²) in [7, 11) is 3.23. The summed E-state index contributed by atoms with van der Waals surface area (Å²) in [4.78, 5) is 11.7. The number of hydrogen-bond acceptors (Lipinski definition) is 5. The lowest BCUT2D eigenvalue weighted by molar-refractivity contribution is -0.00177. The quantitative estimate of drug-likeness (QED) is 0.647. The van der Waals surface area contributed by atoms with E-state index in [4.69, 9.17) is 4.74 Å². The minimum Gasteiger partial charge on any atom is -0.455 e. The van der Waals surface area contributed by atoms with Gasteiger partial charge < -0.3 is 9.84 Å². The summed E-state index contributed by atoms with van der Waals surface area (Å²) in [5.74, 6) is 0.888. The summed E-state index contributed by atoms with van der Waals surface area (Å²) in [6.07, 6.45) is -0.946. The predicted molar refractivity (Wildman–Crippen MR) is 66.6 cm³/mol. The summed E-state index contributed by atoms with van der Waals surface area (Å²) < 4.78 is 5.27. The number of esters is 1. The lowest BCUT2D eigenvalue weighted by Gasteiger charge is -2.26. The van der Waals surface area contributed by atoms with E-state index in [2.05, 4.69) is 0 Å².